The van der Waals surface area contributed by atoms with Crippen LogP contribution in [0.25, 0.3) is 0 Å². The molecule has 76 valence electrons. The SMILES string of the molecule is O=C(F)OOOC(=O)OC(F)(F)F. The zero-order chi connectivity index (χ0) is 10.5. The van der Waals surface area contributed by atoms with Gasteiger partial charge in [-0.05, 0) is 0 Å². The van der Waals surface area contributed by atoms with Gasteiger partial charge in [-0.1, -0.05) is 0 Å². The Morgan fingerprint density at radius 2 is 1.62 bits per heavy atom. The Hall–Kier alpha value is -1.58. The molecule has 0 heterocycles. The molecule has 0 aromatic heterocycles. The third kappa shape index (κ3) is 8.33. The molecular weight excluding hydrogens is 208 g/mol. The van der Waals surface area contributed by atoms with Crippen molar-refractivity contribution in [1.82, 2.24) is 0 Å². The third-order valence-electron chi connectivity index (χ3n) is 0.401. The summed E-state index contributed by atoms with van der Waals surface area (Å²) in [6, 6.07) is 0. The monoisotopic (exact) mass is 208 g/mol. The third-order valence-corrected chi connectivity index (χ3v) is 0.401. The topological polar surface area (TPSA) is 71.1 Å². The number of hydrogen-bond donors (Lipinski definition) is 0. The molecular formula is C3F4O6. The first-order valence-corrected chi connectivity index (χ1v) is 2.31. The standard InChI is InChI=1S/C3F4O6/c4-1(8)11-13-12-2(9)10-3(5,6)7. The van der Waals surface area contributed by atoms with E-state index in [4.69, 9.17) is 0 Å². The van der Waals surface area contributed by atoms with Crippen molar-refractivity contribution in [3.05, 3.63) is 0 Å². The summed E-state index contributed by atoms with van der Waals surface area (Å²) >= 11 is 0. The molecule has 0 fully saturated rings. The predicted octanol–water partition coefficient (Wildman–Crippen LogP) is 1.61. The van der Waals surface area contributed by atoms with Gasteiger partial charge >= 0.3 is 18.7 Å². The Morgan fingerprint density at radius 3 is 2.00 bits per heavy atom. The zero-order valence-corrected chi connectivity index (χ0v) is 5.46. The van der Waals surface area contributed by atoms with Crippen molar-refractivity contribution in [2.75, 3.05) is 0 Å². The molecule has 0 bridgehead atoms. The minimum Gasteiger partial charge on any atom is -0.338 e. The van der Waals surface area contributed by atoms with Crippen molar-refractivity contribution in [1.29, 1.82) is 0 Å². The summed E-state index contributed by atoms with van der Waals surface area (Å²) in [5.41, 5.74) is 0. The van der Waals surface area contributed by atoms with Gasteiger partial charge < -0.3 is 4.74 Å². The molecule has 0 rings (SSSR count). The fourth-order valence-electron chi connectivity index (χ4n) is 0.183. The molecule has 0 aromatic rings. The second-order valence-corrected chi connectivity index (χ2v) is 1.27. The number of halogens is 4. The lowest BCUT2D eigenvalue weighted by Gasteiger charge is -2.04. The van der Waals surface area contributed by atoms with Crippen molar-refractivity contribution in [2.45, 2.75) is 6.36 Å². The molecule has 13 heavy (non-hydrogen) atoms. The van der Waals surface area contributed by atoms with Crippen molar-refractivity contribution < 1.29 is 46.7 Å². The number of hydrogen-bond acceptors (Lipinski definition) is 6. The second-order valence-electron chi connectivity index (χ2n) is 1.27. The number of rotatable bonds is 2. The number of carbonyl (C=O) groups is 2. The lowest BCUT2D eigenvalue weighted by molar-refractivity contribution is -0.463. The molecule has 0 aliphatic carbocycles. The summed E-state index contributed by atoms with van der Waals surface area (Å²) in [5.74, 6) is 0. The Morgan fingerprint density at radius 1 is 1.08 bits per heavy atom. The van der Waals surface area contributed by atoms with Gasteiger partial charge in [0.1, 0.15) is 0 Å². The number of ether oxygens (including phenoxy) is 1. The molecule has 0 aliphatic heterocycles. The molecule has 6 nitrogen and oxygen atoms in total. The van der Waals surface area contributed by atoms with Gasteiger partial charge in [0.2, 0.25) is 0 Å². The van der Waals surface area contributed by atoms with E-state index < -0.39 is 18.7 Å². The van der Waals surface area contributed by atoms with Crippen LogP contribution >= 0.6 is 0 Å². The van der Waals surface area contributed by atoms with Gasteiger partial charge in [0.15, 0.2) is 0 Å². The van der Waals surface area contributed by atoms with E-state index in [9.17, 15) is 27.2 Å². The molecule has 0 radical (unpaired) electrons. The molecule has 0 saturated carbocycles. The second kappa shape index (κ2) is 4.45. The lowest BCUT2D eigenvalue weighted by Crippen LogP contribution is -2.20. The van der Waals surface area contributed by atoms with Crippen LogP contribution in [0.15, 0.2) is 0 Å². The lowest BCUT2D eigenvalue weighted by atomic mass is 11.2. The molecule has 0 saturated heterocycles. The quantitative estimate of drug-likeness (QED) is 0.225. The van der Waals surface area contributed by atoms with E-state index >= 15 is 0 Å². The first-order valence-electron chi connectivity index (χ1n) is 2.31. The Bertz CT molecular complexity index is 199. The maximum absolute atomic E-state index is 11.1. The van der Waals surface area contributed by atoms with Crippen LogP contribution in [-0.4, -0.2) is 18.7 Å². The van der Waals surface area contributed by atoms with Gasteiger partial charge in [0.25, 0.3) is 0 Å². The van der Waals surface area contributed by atoms with E-state index in [0.29, 0.717) is 0 Å². The number of alkyl halides is 3. The van der Waals surface area contributed by atoms with Crippen LogP contribution in [0.1, 0.15) is 0 Å². The van der Waals surface area contributed by atoms with Crippen LogP contribution in [0.3, 0.4) is 0 Å². The average molecular weight is 208 g/mol. The van der Waals surface area contributed by atoms with E-state index in [1.54, 1.807) is 0 Å². The Labute approximate surface area is 66.8 Å². The predicted molar refractivity (Wildman–Crippen MR) is 22.3 cm³/mol. The molecule has 0 atom stereocenters. The first kappa shape index (κ1) is 11.4. The summed E-state index contributed by atoms with van der Waals surface area (Å²) in [6.07, 6.45) is -10.2. The molecule has 0 amide bonds. The highest BCUT2D eigenvalue weighted by molar-refractivity contribution is 5.59. The van der Waals surface area contributed by atoms with Crippen LogP contribution in [-0.2, 0) is 19.6 Å². The minimum atomic E-state index is -5.28. The maximum Gasteiger partial charge on any atom is 0.577 e. The summed E-state index contributed by atoms with van der Waals surface area (Å²) in [7, 11) is 0. The highest BCUT2D eigenvalue weighted by Crippen LogP contribution is 2.16. The number of carbonyl (C=O) groups excluding carboxylic acids is 2. The zero-order valence-electron chi connectivity index (χ0n) is 5.46. The maximum atomic E-state index is 11.1. The van der Waals surface area contributed by atoms with Gasteiger partial charge in [-0.15, -0.1) is 17.6 Å². The van der Waals surface area contributed by atoms with Crippen LogP contribution in [0.2, 0.25) is 0 Å². The molecule has 0 aromatic carbocycles. The Kier molecular flexibility index (Phi) is 3.91. The Balaban J connectivity index is 3.59. The minimum absolute atomic E-state index is 2.37. The summed E-state index contributed by atoms with van der Waals surface area (Å²) in [4.78, 5) is 24.9. The fourth-order valence-corrected chi connectivity index (χ4v) is 0.183. The largest absolute Gasteiger partial charge is 0.577 e. The highest BCUT2D eigenvalue weighted by atomic mass is 19.4. The van der Waals surface area contributed by atoms with E-state index in [1.807, 2.05) is 0 Å². The molecule has 0 aliphatic rings. The van der Waals surface area contributed by atoms with Crippen molar-refractivity contribution in [2.24, 2.45) is 0 Å². The summed E-state index contributed by atoms with van der Waals surface area (Å²) in [5, 5.41) is 2.90. The first-order chi connectivity index (χ1) is 5.81. The fraction of sp³-hybridized carbons (Fsp3) is 0.333. The van der Waals surface area contributed by atoms with E-state index in [-0.39, 0.29) is 0 Å². The van der Waals surface area contributed by atoms with Crippen molar-refractivity contribution in [3.63, 3.8) is 0 Å². The van der Waals surface area contributed by atoms with Gasteiger partial charge in [-0.3, -0.25) is 0 Å². The van der Waals surface area contributed by atoms with Gasteiger partial charge in [0.05, 0.1) is 5.04 Å². The molecule has 0 spiro atoms. The molecule has 10 heteroatoms. The average Bonchev–Trinajstić information content (AvgIpc) is 1.81. The highest BCUT2D eigenvalue weighted by Gasteiger charge is 2.35. The van der Waals surface area contributed by atoms with Crippen molar-refractivity contribution >= 4 is 12.4 Å². The van der Waals surface area contributed by atoms with Crippen LogP contribution < -0.4 is 0 Å². The van der Waals surface area contributed by atoms with Gasteiger partial charge in [-0.2, -0.15) is 0 Å². The van der Waals surface area contributed by atoms with E-state index in [2.05, 4.69) is 19.6 Å². The normalized spacial score (nSPS) is 10.5. The van der Waals surface area contributed by atoms with Gasteiger partial charge in [0, 0.05) is 0 Å². The van der Waals surface area contributed by atoms with Crippen LogP contribution in [0.4, 0.5) is 27.2 Å². The summed E-state index contributed by atoms with van der Waals surface area (Å²) in [6.45, 7) is 0. The van der Waals surface area contributed by atoms with Crippen LogP contribution in [0, 0.1) is 0 Å². The van der Waals surface area contributed by atoms with Crippen LogP contribution in [0.5, 0.6) is 0 Å². The van der Waals surface area contributed by atoms with Crippen molar-refractivity contribution in [3.8, 4) is 0 Å². The van der Waals surface area contributed by atoms with E-state index in [1.165, 1.54) is 0 Å². The molecule has 0 unspecified atom stereocenters. The summed E-state index contributed by atoms with van der Waals surface area (Å²) < 4.78 is 47.0. The van der Waals surface area contributed by atoms with Gasteiger partial charge in [-0.25, -0.2) is 19.4 Å². The van der Waals surface area contributed by atoms with E-state index in [0.717, 1.165) is 0 Å². The molecule has 0 N–H and O–H groups in total. The smallest absolute Gasteiger partial charge is 0.338 e.